The molecular formula is C19H32N2O4. The lowest BCUT2D eigenvalue weighted by Gasteiger charge is -2.23. The molecule has 1 heterocycles. The average Bonchev–Trinajstić information content (AvgIpc) is 2.88. The Bertz CT molecular complexity index is 590. The molecule has 25 heavy (non-hydrogen) atoms. The van der Waals surface area contributed by atoms with Crippen LogP contribution < -0.4 is 5.32 Å². The fourth-order valence-electron chi connectivity index (χ4n) is 2.47. The molecule has 0 unspecified atom stereocenters. The highest BCUT2D eigenvalue weighted by Crippen LogP contribution is 2.24. The first kappa shape index (κ1) is 21.2. The quantitative estimate of drug-likeness (QED) is 0.498. The maximum absolute atomic E-state index is 12.5. The average molecular weight is 352 g/mol. The summed E-state index contributed by atoms with van der Waals surface area (Å²) >= 11 is 0. The van der Waals surface area contributed by atoms with Crippen molar-refractivity contribution in [1.29, 1.82) is 0 Å². The SMILES string of the molecule is CCNCCCc1[nH]c(C(=O)OC(C)(C)CC)c(C)c1C(=O)OCC. The minimum atomic E-state index is -0.552. The third-order valence-corrected chi connectivity index (χ3v) is 4.26. The Morgan fingerprint density at radius 3 is 2.40 bits per heavy atom. The second kappa shape index (κ2) is 9.61. The van der Waals surface area contributed by atoms with Crippen molar-refractivity contribution in [3.63, 3.8) is 0 Å². The van der Waals surface area contributed by atoms with Crippen LogP contribution in [0.5, 0.6) is 0 Å². The summed E-state index contributed by atoms with van der Waals surface area (Å²) in [5, 5.41) is 3.25. The van der Waals surface area contributed by atoms with Crippen LogP contribution in [-0.4, -0.2) is 42.2 Å². The van der Waals surface area contributed by atoms with Crippen LogP contribution in [0.1, 0.15) is 79.6 Å². The van der Waals surface area contributed by atoms with Gasteiger partial charge in [-0.25, -0.2) is 9.59 Å². The molecule has 0 aliphatic carbocycles. The van der Waals surface area contributed by atoms with Crippen molar-refractivity contribution in [2.45, 2.75) is 66.4 Å². The Balaban J connectivity index is 3.09. The Morgan fingerprint density at radius 1 is 1.16 bits per heavy atom. The lowest BCUT2D eigenvalue weighted by Crippen LogP contribution is -2.27. The van der Waals surface area contributed by atoms with E-state index in [0.717, 1.165) is 25.2 Å². The number of hydrogen-bond donors (Lipinski definition) is 2. The van der Waals surface area contributed by atoms with Gasteiger partial charge in [-0.15, -0.1) is 0 Å². The Morgan fingerprint density at radius 2 is 1.84 bits per heavy atom. The second-order valence-corrected chi connectivity index (χ2v) is 6.66. The summed E-state index contributed by atoms with van der Waals surface area (Å²) in [6.07, 6.45) is 2.22. The van der Waals surface area contributed by atoms with Crippen molar-refractivity contribution in [2.24, 2.45) is 0 Å². The number of hydrogen-bond acceptors (Lipinski definition) is 5. The Hall–Kier alpha value is -1.82. The Kier molecular flexibility index (Phi) is 8.16. The van der Waals surface area contributed by atoms with Gasteiger partial charge in [-0.3, -0.25) is 0 Å². The zero-order chi connectivity index (χ0) is 19.0. The first-order valence-electron chi connectivity index (χ1n) is 9.09. The molecule has 6 nitrogen and oxygen atoms in total. The predicted octanol–water partition coefficient (Wildman–Crippen LogP) is 3.39. The summed E-state index contributed by atoms with van der Waals surface area (Å²) in [5.41, 5.74) is 1.57. The number of rotatable bonds is 10. The number of aromatic amines is 1. The molecular weight excluding hydrogens is 320 g/mol. The van der Waals surface area contributed by atoms with E-state index in [1.807, 2.05) is 27.7 Å². The van der Waals surface area contributed by atoms with Gasteiger partial charge in [0.25, 0.3) is 0 Å². The predicted molar refractivity (Wildman–Crippen MR) is 98.1 cm³/mol. The summed E-state index contributed by atoms with van der Waals surface area (Å²) in [5.74, 6) is -0.837. The molecule has 0 aliphatic heterocycles. The van der Waals surface area contributed by atoms with Crippen LogP contribution in [0.3, 0.4) is 0 Å². The van der Waals surface area contributed by atoms with Crippen LogP contribution in [0, 0.1) is 6.92 Å². The van der Waals surface area contributed by atoms with Gasteiger partial charge in [0.05, 0.1) is 12.2 Å². The monoisotopic (exact) mass is 352 g/mol. The van der Waals surface area contributed by atoms with E-state index >= 15 is 0 Å². The number of ether oxygens (including phenoxy) is 2. The molecule has 0 amide bonds. The molecule has 1 rings (SSSR count). The smallest absolute Gasteiger partial charge is 0.355 e. The van der Waals surface area contributed by atoms with E-state index in [0.29, 0.717) is 36.3 Å². The van der Waals surface area contributed by atoms with Crippen molar-refractivity contribution in [1.82, 2.24) is 10.3 Å². The fraction of sp³-hybridized carbons (Fsp3) is 0.684. The van der Waals surface area contributed by atoms with Crippen LogP contribution in [-0.2, 0) is 15.9 Å². The van der Waals surface area contributed by atoms with Crippen LogP contribution >= 0.6 is 0 Å². The van der Waals surface area contributed by atoms with Gasteiger partial charge in [0.15, 0.2) is 0 Å². The highest BCUT2D eigenvalue weighted by molar-refractivity contribution is 5.98. The number of carbonyl (C=O) groups is 2. The molecule has 142 valence electrons. The van der Waals surface area contributed by atoms with E-state index in [1.54, 1.807) is 13.8 Å². The maximum atomic E-state index is 12.5. The molecule has 0 bridgehead atoms. The number of aryl methyl sites for hydroxylation is 1. The normalized spacial score (nSPS) is 11.4. The molecule has 1 aromatic heterocycles. The van der Waals surface area contributed by atoms with Crippen molar-refractivity contribution in [2.75, 3.05) is 19.7 Å². The first-order valence-corrected chi connectivity index (χ1v) is 9.09. The lowest BCUT2D eigenvalue weighted by atomic mass is 10.1. The van der Waals surface area contributed by atoms with Gasteiger partial charge in [-0.05, 0) is 65.6 Å². The molecule has 0 aromatic carbocycles. The van der Waals surface area contributed by atoms with Gasteiger partial charge >= 0.3 is 11.9 Å². The second-order valence-electron chi connectivity index (χ2n) is 6.66. The number of nitrogens with one attached hydrogen (secondary N) is 2. The van der Waals surface area contributed by atoms with Crippen molar-refractivity contribution < 1.29 is 19.1 Å². The molecule has 0 saturated carbocycles. The largest absolute Gasteiger partial charge is 0.462 e. The maximum Gasteiger partial charge on any atom is 0.355 e. The van der Waals surface area contributed by atoms with E-state index in [4.69, 9.17) is 9.47 Å². The molecule has 1 aromatic rings. The summed E-state index contributed by atoms with van der Waals surface area (Å²) in [4.78, 5) is 28.0. The van der Waals surface area contributed by atoms with E-state index < -0.39 is 17.5 Å². The third-order valence-electron chi connectivity index (χ3n) is 4.26. The standard InChI is InChI=1S/C19H32N2O4/c1-7-19(5,6)25-18(23)16-13(4)15(17(22)24-9-3)14(21-16)11-10-12-20-8-2/h20-21H,7-12H2,1-6H3. The molecule has 0 atom stereocenters. The zero-order valence-corrected chi connectivity index (χ0v) is 16.4. The van der Waals surface area contributed by atoms with Gasteiger partial charge in [0, 0.05) is 5.69 Å². The summed E-state index contributed by atoms with van der Waals surface area (Å²) < 4.78 is 10.7. The van der Waals surface area contributed by atoms with Gasteiger partial charge in [-0.2, -0.15) is 0 Å². The van der Waals surface area contributed by atoms with Gasteiger partial charge in [0.1, 0.15) is 11.3 Å². The topological polar surface area (TPSA) is 80.4 Å². The van der Waals surface area contributed by atoms with Crippen molar-refractivity contribution >= 4 is 11.9 Å². The van der Waals surface area contributed by atoms with Crippen LogP contribution in [0.2, 0.25) is 0 Å². The molecule has 6 heteroatoms. The van der Waals surface area contributed by atoms with Gasteiger partial charge < -0.3 is 19.8 Å². The molecule has 2 N–H and O–H groups in total. The first-order chi connectivity index (χ1) is 11.8. The summed E-state index contributed by atoms with van der Waals surface area (Å²) in [7, 11) is 0. The van der Waals surface area contributed by atoms with Crippen molar-refractivity contribution in [3.05, 3.63) is 22.5 Å². The van der Waals surface area contributed by atoms with E-state index in [-0.39, 0.29) is 0 Å². The number of aromatic nitrogens is 1. The fourth-order valence-corrected chi connectivity index (χ4v) is 2.47. The van der Waals surface area contributed by atoms with E-state index in [2.05, 4.69) is 10.3 Å². The molecule has 0 spiro atoms. The highest BCUT2D eigenvalue weighted by Gasteiger charge is 2.28. The number of H-pyrrole nitrogens is 1. The van der Waals surface area contributed by atoms with Crippen LogP contribution in [0.15, 0.2) is 0 Å². The third kappa shape index (κ3) is 5.88. The van der Waals surface area contributed by atoms with Crippen molar-refractivity contribution in [3.8, 4) is 0 Å². The van der Waals surface area contributed by atoms with Crippen LogP contribution in [0.25, 0.3) is 0 Å². The molecule has 0 saturated heterocycles. The number of carbonyl (C=O) groups excluding carboxylic acids is 2. The number of esters is 2. The highest BCUT2D eigenvalue weighted by atomic mass is 16.6. The molecule has 0 radical (unpaired) electrons. The van der Waals surface area contributed by atoms with E-state index in [1.165, 1.54) is 0 Å². The minimum Gasteiger partial charge on any atom is -0.462 e. The Labute approximate surface area is 150 Å². The molecule has 0 fully saturated rings. The van der Waals surface area contributed by atoms with Crippen LogP contribution in [0.4, 0.5) is 0 Å². The molecule has 0 aliphatic rings. The summed E-state index contributed by atoms with van der Waals surface area (Å²) in [6, 6.07) is 0. The lowest BCUT2D eigenvalue weighted by molar-refractivity contribution is -0.00310. The summed E-state index contributed by atoms with van der Waals surface area (Å²) in [6.45, 7) is 13.3. The van der Waals surface area contributed by atoms with Gasteiger partial charge in [0.2, 0.25) is 0 Å². The zero-order valence-electron chi connectivity index (χ0n) is 16.4. The van der Waals surface area contributed by atoms with Gasteiger partial charge in [-0.1, -0.05) is 13.8 Å². The van der Waals surface area contributed by atoms with E-state index in [9.17, 15) is 9.59 Å². The minimum absolute atomic E-state index is 0.295.